The van der Waals surface area contributed by atoms with E-state index in [4.69, 9.17) is 4.74 Å². The van der Waals surface area contributed by atoms with Crippen molar-refractivity contribution in [2.24, 2.45) is 0 Å². The Morgan fingerprint density at radius 1 is 1.05 bits per heavy atom. The minimum absolute atomic E-state index is 0.0363. The molecule has 0 N–H and O–H groups in total. The maximum atomic E-state index is 14.9. The van der Waals surface area contributed by atoms with Crippen molar-refractivity contribution in [1.29, 1.82) is 0 Å². The molecule has 0 spiro atoms. The first-order valence-electron chi connectivity index (χ1n) is 13.7. The monoisotopic (exact) mass is 551 g/mol. The molecule has 0 bridgehead atoms. The molecule has 5 rings (SSSR count). The third kappa shape index (κ3) is 5.28. The number of halogens is 2. The van der Waals surface area contributed by atoms with Crippen molar-refractivity contribution in [3.05, 3.63) is 52.9 Å². The van der Waals surface area contributed by atoms with Gasteiger partial charge in [0, 0.05) is 67.7 Å². The second kappa shape index (κ2) is 10.9. The van der Waals surface area contributed by atoms with E-state index >= 15 is 0 Å². The van der Waals surface area contributed by atoms with Crippen LogP contribution in [0.15, 0.2) is 24.4 Å². The van der Waals surface area contributed by atoms with Gasteiger partial charge in [0.2, 0.25) is 0 Å². The fourth-order valence-electron chi connectivity index (χ4n) is 6.46. The molecule has 210 valence electrons. The van der Waals surface area contributed by atoms with Crippen molar-refractivity contribution in [3.8, 4) is 0 Å². The minimum Gasteiger partial charge on any atom is -0.370 e. The summed E-state index contributed by atoms with van der Waals surface area (Å²) in [5, 5.41) is 4.48. The zero-order chi connectivity index (χ0) is 27.2. The molecular formula is C27H39F2N5O3S. The van der Waals surface area contributed by atoms with Crippen molar-refractivity contribution in [1.82, 2.24) is 23.3 Å². The van der Waals surface area contributed by atoms with Gasteiger partial charge in [-0.05, 0) is 65.2 Å². The molecule has 3 atom stereocenters. The number of ether oxygens (including phenoxy) is 1. The molecule has 3 aliphatic heterocycles. The molecule has 4 heterocycles. The number of rotatable bonds is 7. The average Bonchev–Trinajstić information content (AvgIpc) is 3.46. The fourth-order valence-corrected chi connectivity index (χ4v) is 7.88. The quantitative estimate of drug-likeness (QED) is 0.517. The zero-order valence-electron chi connectivity index (χ0n) is 22.7. The fraction of sp³-hybridized carbons (Fsp3) is 0.667. The lowest BCUT2D eigenvalue weighted by Gasteiger charge is -2.48. The molecule has 0 radical (unpaired) electrons. The Hall–Kier alpha value is -1.92. The molecule has 2 aromatic rings. The SMILES string of the molecule is CC(C)N(C(C)C)[C@H]1C[C@@H](N2Cc3cn(S(=O)(=O)N4CCCCC4)nc3C2)CO[C@@H]1c1cc(F)ccc1F. The predicted octanol–water partition coefficient (Wildman–Crippen LogP) is 4.07. The molecule has 0 aliphatic carbocycles. The number of benzene rings is 1. The van der Waals surface area contributed by atoms with Crippen LogP contribution in [0.25, 0.3) is 0 Å². The number of hydrogen-bond acceptors (Lipinski definition) is 6. The van der Waals surface area contributed by atoms with Crippen LogP contribution in [0.2, 0.25) is 0 Å². The summed E-state index contributed by atoms with van der Waals surface area (Å²) in [6.45, 7) is 11.0. The molecule has 1 aromatic heterocycles. The lowest BCUT2D eigenvalue weighted by atomic mass is 9.89. The van der Waals surface area contributed by atoms with Gasteiger partial charge in [0.25, 0.3) is 0 Å². The summed E-state index contributed by atoms with van der Waals surface area (Å²) < 4.78 is 64.1. The highest BCUT2D eigenvalue weighted by molar-refractivity contribution is 7.87. The summed E-state index contributed by atoms with van der Waals surface area (Å²) in [4.78, 5) is 4.58. The Kier molecular flexibility index (Phi) is 7.94. The Morgan fingerprint density at radius 3 is 2.42 bits per heavy atom. The molecule has 2 fully saturated rings. The maximum Gasteiger partial charge on any atom is 0.322 e. The first-order chi connectivity index (χ1) is 18.1. The normalized spacial score (nSPS) is 25.6. The van der Waals surface area contributed by atoms with Gasteiger partial charge in [-0.1, -0.05) is 6.42 Å². The average molecular weight is 552 g/mol. The van der Waals surface area contributed by atoms with E-state index in [1.165, 1.54) is 16.4 Å². The van der Waals surface area contributed by atoms with Gasteiger partial charge in [0.15, 0.2) is 0 Å². The standard InChI is InChI=1S/C27H39F2N5O3S/c1-18(2)34(19(3)4)26-13-22(17-37-27(26)23-12-21(28)8-9-24(23)29)31-14-20-15-33(30-25(20)16-31)38(35,36)32-10-6-5-7-11-32/h8-9,12,15,18-19,22,26-27H,5-7,10-11,13-14,16-17H2,1-4H3/t22-,26+,27-/m1/s1. The summed E-state index contributed by atoms with van der Waals surface area (Å²) >= 11 is 0. The van der Waals surface area contributed by atoms with E-state index in [2.05, 4.69) is 42.6 Å². The van der Waals surface area contributed by atoms with Gasteiger partial charge in [-0.3, -0.25) is 9.80 Å². The zero-order valence-corrected chi connectivity index (χ0v) is 23.5. The van der Waals surface area contributed by atoms with Crippen LogP contribution in [-0.2, 0) is 28.0 Å². The predicted molar refractivity (Wildman–Crippen MR) is 141 cm³/mol. The molecule has 0 saturated carbocycles. The maximum absolute atomic E-state index is 14.9. The number of hydrogen-bond donors (Lipinski definition) is 0. The van der Waals surface area contributed by atoms with Crippen LogP contribution in [0.5, 0.6) is 0 Å². The molecule has 8 nitrogen and oxygen atoms in total. The van der Waals surface area contributed by atoms with Crippen molar-refractivity contribution in [2.45, 2.75) is 96.7 Å². The number of aromatic nitrogens is 2. The first-order valence-corrected chi connectivity index (χ1v) is 15.1. The van der Waals surface area contributed by atoms with Crippen molar-refractivity contribution >= 4 is 10.2 Å². The Balaban J connectivity index is 1.35. The van der Waals surface area contributed by atoms with Gasteiger partial charge < -0.3 is 4.74 Å². The Morgan fingerprint density at radius 2 is 1.76 bits per heavy atom. The largest absolute Gasteiger partial charge is 0.370 e. The van der Waals surface area contributed by atoms with Crippen LogP contribution in [0, 0.1) is 11.6 Å². The second-order valence-electron chi connectivity index (χ2n) is 11.4. The van der Waals surface area contributed by atoms with Crippen LogP contribution >= 0.6 is 0 Å². The topological polar surface area (TPSA) is 70.9 Å². The van der Waals surface area contributed by atoms with E-state index in [-0.39, 0.29) is 29.7 Å². The molecule has 1 aromatic carbocycles. The highest BCUT2D eigenvalue weighted by Gasteiger charge is 2.43. The van der Waals surface area contributed by atoms with E-state index < -0.39 is 27.9 Å². The van der Waals surface area contributed by atoms with E-state index in [1.54, 1.807) is 6.20 Å². The van der Waals surface area contributed by atoms with Gasteiger partial charge in [-0.15, -0.1) is 0 Å². The third-order valence-electron chi connectivity index (χ3n) is 8.15. The summed E-state index contributed by atoms with van der Waals surface area (Å²) in [6, 6.07) is 3.80. The Bertz CT molecular complexity index is 1210. The van der Waals surface area contributed by atoms with Crippen molar-refractivity contribution in [3.63, 3.8) is 0 Å². The summed E-state index contributed by atoms with van der Waals surface area (Å²) in [5.41, 5.74) is 1.93. The summed E-state index contributed by atoms with van der Waals surface area (Å²) in [5.74, 6) is -0.939. The molecule has 38 heavy (non-hydrogen) atoms. The van der Waals surface area contributed by atoms with Crippen LogP contribution in [0.1, 0.15) is 76.3 Å². The van der Waals surface area contributed by atoms with E-state index in [0.717, 1.165) is 40.7 Å². The van der Waals surface area contributed by atoms with E-state index in [1.807, 2.05) is 0 Å². The summed E-state index contributed by atoms with van der Waals surface area (Å²) in [6.07, 6.45) is 4.59. The first kappa shape index (κ1) is 27.6. The van der Waals surface area contributed by atoms with Crippen molar-refractivity contribution < 1.29 is 21.9 Å². The van der Waals surface area contributed by atoms with Gasteiger partial charge in [-0.25, -0.2) is 8.78 Å². The molecule has 0 amide bonds. The van der Waals surface area contributed by atoms with E-state index in [9.17, 15) is 17.2 Å². The smallest absolute Gasteiger partial charge is 0.322 e. The number of nitrogens with zero attached hydrogens (tertiary/aromatic N) is 5. The second-order valence-corrected chi connectivity index (χ2v) is 13.1. The lowest BCUT2D eigenvalue weighted by Crippen LogP contribution is -2.55. The number of fused-ring (bicyclic) bond motifs is 1. The summed E-state index contributed by atoms with van der Waals surface area (Å²) in [7, 11) is -3.64. The van der Waals surface area contributed by atoms with Crippen LogP contribution in [0.3, 0.4) is 0 Å². The van der Waals surface area contributed by atoms with Gasteiger partial charge in [-0.2, -0.15) is 21.9 Å². The highest BCUT2D eigenvalue weighted by atomic mass is 32.2. The van der Waals surface area contributed by atoms with Gasteiger partial charge in [0.05, 0.1) is 12.3 Å². The molecule has 3 aliphatic rings. The molecular weight excluding hydrogens is 512 g/mol. The van der Waals surface area contributed by atoms with E-state index in [0.29, 0.717) is 39.2 Å². The van der Waals surface area contributed by atoms with Crippen molar-refractivity contribution in [2.75, 3.05) is 19.7 Å². The van der Waals surface area contributed by atoms with Crippen LogP contribution < -0.4 is 0 Å². The Labute approximate surface area is 224 Å². The minimum atomic E-state index is -3.64. The molecule has 11 heteroatoms. The van der Waals surface area contributed by atoms with Gasteiger partial charge in [0.1, 0.15) is 17.7 Å². The molecule has 0 unspecified atom stereocenters. The third-order valence-corrected chi connectivity index (χ3v) is 9.83. The number of piperidine rings is 1. The molecule has 2 saturated heterocycles. The van der Waals surface area contributed by atoms with Gasteiger partial charge >= 0.3 is 10.2 Å². The lowest BCUT2D eigenvalue weighted by molar-refractivity contribution is -0.107. The highest BCUT2D eigenvalue weighted by Crippen LogP contribution is 2.39. The van der Waals surface area contributed by atoms with Crippen LogP contribution in [0.4, 0.5) is 8.78 Å². The van der Waals surface area contributed by atoms with Crippen LogP contribution in [-0.4, -0.2) is 75.6 Å².